The minimum atomic E-state index is -1.01. The summed E-state index contributed by atoms with van der Waals surface area (Å²) in [4.78, 5) is 47.9. The Labute approximate surface area is 209 Å². The summed E-state index contributed by atoms with van der Waals surface area (Å²) in [6, 6.07) is 1.73. The van der Waals surface area contributed by atoms with Gasteiger partial charge in [-0.3, -0.25) is 14.4 Å². The minimum Gasteiger partial charge on any atom is -0.345 e. The third-order valence-corrected chi connectivity index (χ3v) is 7.20. The van der Waals surface area contributed by atoms with Crippen molar-refractivity contribution < 1.29 is 23.2 Å². The zero-order valence-corrected chi connectivity index (χ0v) is 20.7. The summed E-state index contributed by atoms with van der Waals surface area (Å²) in [6.07, 6.45) is 6.74. The van der Waals surface area contributed by atoms with Gasteiger partial charge in [-0.1, -0.05) is 6.42 Å². The van der Waals surface area contributed by atoms with Gasteiger partial charge in [0, 0.05) is 30.1 Å². The molecule has 2 aromatic rings. The molecule has 2 heterocycles. The number of hydrogen-bond acceptors (Lipinski definition) is 4. The Morgan fingerprint density at radius 1 is 1.14 bits per heavy atom. The normalized spacial score (nSPS) is 19.8. The van der Waals surface area contributed by atoms with Crippen LogP contribution in [0.2, 0.25) is 0 Å². The summed E-state index contributed by atoms with van der Waals surface area (Å²) in [5, 5.41) is 5.60. The van der Waals surface area contributed by atoms with E-state index in [2.05, 4.69) is 20.6 Å². The molecule has 4 rings (SSSR count). The largest absolute Gasteiger partial charge is 0.345 e. The Balaban J connectivity index is 1.44. The van der Waals surface area contributed by atoms with E-state index in [4.69, 9.17) is 0 Å². The van der Waals surface area contributed by atoms with Crippen molar-refractivity contribution in [3.8, 4) is 11.3 Å². The number of piperidine rings is 1. The number of halogens is 2. The highest BCUT2D eigenvalue weighted by molar-refractivity contribution is 5.93. The van der Waals surface area contributed by atoms with Gasteiger partial charge in [-0.15, -0.1) is 0 Å². The molecule has 1 aromatic carbocycles. The van der Waals surface area contributed by atoms with E-state index in [1.807, 2.05) is 6.92 Å². The summed E-state index contributed by atoms with van der Waals surface area (Å²) in [5.41, 5.74) is 0.494. The van der Waals surface area contributed by atoms with Crippen molar-refractivity contribution in [1.29, 1.82) is 0 Å². The fourth-order valence-electron chi connectivity index (χ4n) is 4.71. The van der Waals surface area contributed by atoms with E-state index in [0.29, 0.717) is 18.1 Å². The molecule has 0 spiro atoms. The summed E-state index contributed by atoms with van der Waals surface area (Å²) >= 11 is 0. The molecule has 194 valence electrons. The highest BCUT2D eigenvalue weighted by Gasteiger charge is 2.33. The zero-order valence-electron chi connectivity index (χ0n) is 20.7. The van der Waals surface area contributed by atoms with Gasteiger partial charge in [0.1, 0.15) is 23.5 Å². The van der Waals surface area contributed by atoms with Gasteiger partial charge >= 0.3 is 0 Å². The van der Waals surface area contributed by atoms with Gasteiger partial charge in [0.05, 0.1) is 24.4 Å². The van der Waals surface area contributed by atoms with Gasteiger partial charge < -0.3 is 20.5 Å². The van der Waals surface area contributed by atoms with Crippen LogP contribution >= 0.6 is 0 Å². The molecule has 2 unspecified atom stereocenters. The average Bonchev–Trinajstić information content (AvgIpc) is 3.27. The lowest BCUT2D eigenvalue weighted by Crippen LogP contribution is -2.53. The quantitative estimate of drug-likeness (QED) is 0.514. The van der Waals surface area contributed by atoms with Crippen molar-refractivity contribution in [2.24, 2.45) is 5.92 Å². The number of imidazole rings is 1. The van der Waals surface area contributed by atoms with Crippen molar-refractivity contribution in [3.05, 3.63) is 41.9 Å². The number of benzene rings is 1. The summed E-state index contributed by atoms with van der Waals surface area (Å²) in [5.74, 6) is -2.02. The lowest BCUT2D eigenvalue weighted by molar-refractivity contribution is -0.139. The van der Waals surface area contributed by atoms with E-state index < -0.39 is 29.6 Å². The first kappa shape index (κ1) is 25.8. The summed E-state index contributed by atoms with van der Waals surface area (Å²) in [7, 11) is 0. The van der Waals surface area contributed by atoms with E-state index in [0.717, 1.165) is 50.7 Å². The smallest absolute Gasteiger partial charge is 0.243 e. The maximum atomic E-state index is 14.2. The van der Waals surface area contributed by atoms with Crippen molar-refractivity contribution in [1.82, 2.24) is 25.5 Å². The highest BCUT2D eigenvalue weighted by Crippen LogP contribution is 2.27. The predicted molar refractivity (Wildman–Crippen MR) is 129 cm³/mol. The number of carbonyl (C=O) groups is 3. The molecule has 1 aliphatic heterocycles. The molecule has 1 saturated carbocycles. The van der Waals surface area contributed by atoms with Gasteiger partial charge in [0.2, 0.25) is 17.7 Å². The van der Waals surface area contributed by atoms with Crippen LogP contribution in [0.4, 0.5) is 8.78 Å². The summed E-state index contributed by atoms with van der Waals surface area (Å²) in [6.45, 7) is 4.34. The monoisotopic (exact) mass is 501 g/mol. The molecule has 1 aliphatic carbocycles. The Kier molecular flexibility index (Phi) is 8.01. The van der Waals surface area contributed by atoms with Crippen LogP contribution < -0.4 is 10.6 Å². The fourth-order valence-corrected chi connectivity index (χ4v) is 4.71. The second-order valence-electron chi connectivity index (χ2n) is 9.86. The molecule has 3 amide bonds. The minimum absolute atomic E-state index is 0.101. The molecule has 10 heteroatoms. The van der Waals surface area contributed by atoms with Crippen LogP contribution in [-0.4, -0.2) is 51.2 Å². The van der Waals surface area contributed by atoms with Gasteiger partial charge in [0.15, 0.2) is 0 Å². The number of likely N-dealkylation sites (tertiary alicyclic amines) is 1. The van der Waals surface area contributed by atoms with Gasteiger partial charge in [-0.25, -0.2) is 13.8 Å². The highest BCUT2D eigenvalue weighted by atomic mass is 19.1. The maximum Gasteiger partial charge on any atom is 0.243 e. The van der Waals surface area contributed by atoms with Crippen molar-refractivity contribution >= 4 is 17.7 Å². The number of nitrogens with one attached hydrogen (secondary N) is 3. The molecule has 8 nitrogen and oxygen atoms in total. The standard InChI is InChI=1S/C26H33F2N5O3/c1-15-6-3-4-11-33(15)23(34)13-21(32-25(35)17-7-5-8-17)26(36)30-16(2)24-29-14-22(31-24)19-10-9-18(27)12-20(19)28/h9-10,12,14-17,21H,3-8,11,13H2,1-2H3,(H,29,31)(H,30,36)(H,32,35)/t15-,16?,21?/m0/s1. The van der Waals surface area contributed by atoms with Crippen LogP contribution in [0, 0.1) is 17.6 Å². The van der Waals surface area contributed by atoms with Gasteiger partial charge in [0.25, 0.3) is 0 Å². The number of aromatic nitrogens is 2. The Morgan fingerprint density at radius 2 is 1.92 bits per heavy atom. The number of H-pyrrole nitrogens is 1. The number of carbonyl (C=O) groups excluding carboxylic acids is 3. The van der Waals surface area contributed by atoms with Crippen LogP contribution in [0.15, 0.2) is 24.4 Å². The maximum absolute atomic E-state index is 14.2. The second-order valence-corrected chi connectivity index (χ2v) is 9.86. The zero-order chi connectivity index (χ0) is 25.8. The number of amides is 3. The second kappa shape index (κ2) is 11.2. The molecule has 0 bridgehead atoms. The van der Waals surface area contributed by atoms with E-state index >= 15 is 0 Å². The first-order valence-corrected chi connectivity index (χ1v) is 12.6. The molecule has 3 atom stereocenters. The van der Waals surface area contributed by atoms with Crippen LogP contribution in [0.5, 0.6) is 0 Å². The number of aromatic amines is 1. The Bertz CT molecular complexity index is 1120. The van der Waals surface area contributed by atoms with Crippen molar-refractivity contribution in [2.45, 2.75) is 76.9 Å². The van der Waals surface area contributed by atoms with E-state index in [9.17, 15) is 23.2 Å². The van der Waals surface area contributed by atoms with Gasteiger partial charge in [-0.2, -0.15) is 0 Å². The third kappa shape index (κ3) is 5.91. The van der Waals surface area contributed by atoms with E-state index in [1.54, 1.807) is 11.8 Å². The van der Waals surface area contributed by atoms with E-state index in [-0.39, 0.29) is 35.8 Å². The van der Waals surface area contributed by atoms with Crippen molar-refractivity contribution in [2.75, 3.05) is 6.54 Å². The van der Waals surface area contributed by atoms with Crippen LogP contribution in [0.25, 0.3) is 11.3 Å². The third-order valence-electron chi connectivity index (χ3n) is 7.20. The summed E-state index contributed by atoms with van der Waals surface area (Å²) < 4.78 is 27.4. The lowest BCUT2D eigenvalue weighted by atomic mass is 9.84. The topological polar surface area (TPSA) is 107 Å². The molecule has 2 fully saturated rings. The molecule has 1 saturated heterocycles. The Morgan fingerprint density at radius 3 is 2.58 bits per heavy atom. The molecular weight excluding hydrogens is 468 g/mol. The van der Waals surface area contributed by atoms with E-state index in [1.165, 1.54) is 12.3 Å². The van der Waals surface area contributed by atoms with Gasteiger partial charge in [-0.05, 0) is 58.1 Å². The van der Waals surface area contributed by atoms with Crippen molar-refractivity contribution in [3.63, 3.8) is 0 Å². The first-order valence-electron chi connectivity index (χ1n) is 12.6. The number of nitrogens with zero attached hydrogens (tertiary/aromatic N) is 2. The lowest BCUT2D eigenvalue weighted by Gasteiger charge is -2.35. The molecule has 0 radical (unpaired) electrons. The van der Waals surface area contributed by atoms with Crippen LogP contribution in [0.3, 0.4) is 0 Å². The van der Waals surface area contributed by atoms with Crippen LogP contribution in [0.1, 0.15) is 70.7 Å². The molecule has 3 N–H and O–H groups in total. The number of hydrogen-bond donors (Lipinski definition) is 3. The average molecular weight is 502 g/mol. The number of rotatable bonds is 8. The molecular formula is C26H33F2N5O3. The fraction of sp³-hybridized carbons (Fsp3) is 0.538. The Hall–Kier alpha value is -3.30. The predicted octanol–water partition coefficient (Wildman–Crippen LogP) is 3.61. The SMILES string of the molecule is CC(NC(=O)C(CC(=O)N1CCCC[C@@H]1C)NC(=O)C1CCC1)c1ncc(-c2ccc(F)cc2F)[nH]1. The molecule has 36 heavy (non-hydrogen) atoms. The first-order chi connectivity index (χ1) is 17.2. The molecule has 1 aromatic heterocycles. The molecule has 2 aliphatic rings. The van der Waals surface area contributed by atoms with Crippen LogP contribution in [-0.2, 0) is 14.4 Å².